The first-order valence-corrected chi connectivity index (χ1v) is 11.1. The van der Waals surface area contributed by atoms with Crippen molar-refractivity contribution >= 4 is 11.6 Å². The van der Waals surface area contributed by atoms with Crippen LogP contribution in [0.1, 0.15) is 35.6 Å². The standard InChI is InChI=1S/C24H32ClN3O/c1-18-5-2-3-6-20(18)13-24(17-29)11-4-12-28(16-24)15-21-14-26-27-23(21)19-7-9-22(25)10-8-19/h2-3,5-10,21,23,26-27,29H,4,11-17H2,1H3. The molecule has 4 rings (SSSR count). The number of nitrogens with zero attached hydrogens (tertiary/aromatic N) is 1. The predicted octanol–water partition coefficient (Wildman–Crippen LogP) is 3.73. The van der Waals surface area contributed by atoms with Crippen LogP contribution in [0.2, 0.25) is 5.02 Å². The Labute approximate surface area is 179 Å². The second-order valence-electron chi connectivity index (χ2n) is 8.91. The van der Waals surface area contributed by atoms with Crippen molar-refractivity contribution in [2.45, 2.75) is 32.2 Å². The van der Waals surface area contributed by atoms with Crippen molar-refractivity contribution in [2.24, 2.45) is 11.3 Å². The Morgan fingerprint density at radius 2 is 1.97 bits per heavy atom. The van der Waals surface area contributed by atoms with Crippen LogP contribution in [0.15, 0.2) is 48.5 Å². The van der Waals surface area contributed by atoms with Crippen molar-refractivity contribution in [3.63, 3.8) is 0 Å². The Morgan fingerprint density at radius 1 is 1.17 bits per heavy atom. The van der Waals surface area contributed by atoms with Gasteiger partial charge in [0.05, 0.1) is 12.6 Å². The van der Waals surface area contributed by atoms with Gasteiger partial charge in [0.1, 0.15) is 0 Å². The normalized spacial score (nSPS) is 28.0. The fourth-order valence-electron chi connectivity index (χ4n) is 5.07. The molecule has 2 aromatic rings. The lowest BCUT2D eigenvalue weighted by Crippen LogP contribution is -2.48. The number of halogens is 1. The lowest BCUT2D eigenvalue weighted by molar-refractivity contribution is 0.0254. The van der Waals surface area contributed by atoms with Crippen LogP contribution in [0, 0.1) is 18.3 Å². The number of benzene rings is 2. The second-order valence-corrected chi connectivity index (χ2v) is 9.35. The highest BCUT2D eigenvalue weighted by Gasteiger charge is 2.38. The van der Waals surface area contributed by atoms with Gasteiger partial charge in [0.2, 0.25) is 0 Å². The molecular formula is C24H32ClN3O. The third-order valence-electron chi connectivity index (χ3n) is 6.72. The number of hydrogen-bond acceptors (Lipinski definition) is 4. The minimum atomic E-state index is -0.0421. The molecule has 0 radical (unpaired) electrons. The topological polar surface area (TPSA) is 47.5 Å². The maximum absolute atomic E-state index is 10.4. The lowest BCUT2D eigenvalue weighted by Gasteiger charge is -2.43. The largest absolute Gasteiger partial charge is 0.396 e. The summed E-state index contributed by atoms with van der Waals surface area (Å²) in [7, 11) is 0. The van der Waals surface area contributed by atoms with Crippen LogP contribution in [0.25, 0.3) is 0 Å². The van der Waals surface area contributed by atoms with E-state index in [2.05, 4.69) is 59.1 Å². The van der Waals surface area contributed by atoms with Crippen molar-refractivity contribution in [1.82, 2.24) is 15.8 Å². The van der Waals surface area contributed by atoms with E-state index < -0.39 is 0 Å². The van der Waals surface area contributed by atoms with E-state index in [1.165, 1.54) is 16.7 Å². The molecule has 0 bridgehead atoms. The Hall–Kier alpha value is -1.43. The van der Waals surface area contributed by atoms with E-state index in [-0.39, 0.29) is 18.1 Å². The predicted molar refractivity (Wildman–Crippen MR) is 119 cm³/mol. The summed E-state index contributed by atoms with van der Waals surface area (Å²) in [5.74, 6) is 0.490. The number of rotatable bonds is 6. The monoisotopic (exact) mass is 413 g/mol. The highest BCUT2D eigenvalue weighted by molar-refractivity contribution is 6.30. The van der Waals surface area contributed by atoms with Gasteiger partial charge >= 0.3 is 0 Å². The van der Waals surface area contributed by atoms with Crippen LogP contribution >= 0.6 is 11.6 Å². The molecule has 29 heavy (non-hydrogen) atoms. The Kier molecular flexibility index (Phi) is 6.57. The molecule has 3 N–H and O–H groups in total. The van der Waals surface area contributed by atoms with Gasteiger partial charge in [-0.3, -0.25) is 5.43 Å². The van der Waals surface area contributed by atoms with Crippen molar-refractivity contribution in [3.05, 3.63) is 70.2 Å². The maximum atomic E-state index is 10.4. The number of likely N-dealkylation sites (tertiary alicyclic amines) is 1. The Morgan fingerprint density at radius 3 is 2.72 bits per heavy atom. The maximum Gasteiger partial charge on any atom is 0.0515 e. The third kappa shape index (κ3) is 4.84. The summed E-state index contributed by atoms with van der Waals surface area (Å²) < 4.78 is 0. The molecule has 4 nitrogen and oxygen atoms in total. The van der Waals surface area contributed by atoms with Gasteiger partial charge in [-0.15, -0.1) is 0 Å². The molecule has 0 aromatic heterocycles. The van der Waals surface area contributed by atoms with Gasteiger partial charge in [-0.25, -0.2) is 5.43 Å². The van der Waals surface area contributed by atoms with Crippen LogP contribution in [-0.2, 0) is 6.42 Å². The number of hydrogen-bond donors (Lipinski definition) is 3. The number of aliphatic hydroxyl groups is 1. The molecule has 3 atom stereocenters. The van der Waals surface area contributed by atoms with Gasteiger partial charge in [0, 0.05) is 36.0 Å². The van der Waals surface area contributed by atoms with Crippen LogP contribution in [0.4, 0.5) is 0 Å². The Bertz CT molecular complexity index is 812. The van der Waals surface area contributed by atoms with Gasteiger partial charge in [-0.2, -0.15) is 0 Å². The molecule has 5 heteroatoms. The zero-order valence-corrected chi connectivity index (χ0v) is 18.0. The van der Waals surface area contributed by atoms with Crippen molar-refractivity contribution in [2.75, 3.05) is 32.8 Å². The smallest absolute Gasteiger partial charge is 0.0515 e. The number of hydrazine groups is 1. The van der Waals surface area contributed by atoms with Gasteiger partial charge in [-0.05, 0) is 61.6 Å². The Balaban J connectivity index is 1.44. The summed E-state index contributed by atoms with van der Waals surface area (Å²) in [4.78, 5) is 2.57. The molecule has 0 spiro atoms. The van der Waals surface area contributed by atoms with E-state index in [1.54, 1.807) is 0 Å². The third-order valence-corrected chi connectivity index (χ3v) is 6.97. The average molecular weight is 414 g/mol. The zero-order valence-electron chi connectivity index (χ0n) is 17.2. The van der Waals surface area contributed by atoms with Gasteiger partial charge in [0.25, 0.3) is 0 Å². The minimum Gasteiger partial charge on any atom is -0.396 e. The van der Waals surface area contributed by atoms with Crippen LogP contribution in [0.3, 0.4) is 0 Å². The molecule has 156 valence electrons. The SMILES string of the molecule is Cc1ccccc1CC1(CO)CCCN(CC2CNNC2c2ccc(Cl)cc2)C1. The summed E-state index contributed by atoms with van der Waals surface area (Å²) in [5.41, 5.74) is 10.7. The molecule has 3 unspecified atom stereocenters. The van der Waals surface area contributed by atoms with E-state index in [4.69, 9.17) is 11.6 Å². The zero-order chi connectivity index (χ0) is 20.3. The number of aryl methyl sites for hydroxylation is 1. The first-order chi connectivity index (χ1) is 14.1. The van der Waals surface area contributed by atoms with E-state index in [0.717, 1.165) is 50.5 Å². The summed E-state index contributed by atoms with van der Waals surface area (Å²) >= 11 is 6.07. The highest BCUT2D eigenvalue weighted by Crippen LogP contribution is 2.36. The fraction of sp³-hybridized carbons (Fsp3) is 0.500. The molecule has 2 aliphatic rings. The van der Waals surface area contributed by atoms with E-state index in [9.17, 15) is 5.11 Å². The van der Waals surface area contributed by atoms with E-state index >= 15 is 0 Å². The number of nitrogens with one attached hydrogen (secondary N) is 2. The van der Waals surface area contributed by atoms with Gasteiger partial charge < -0.3 is 10.0 Å². The molecule has 2 fully saturated rings. The number of aliphatic hydroxyl groups excluding tert-OH is 1. The second kappa shape index (κ2) is 9.15. The van der Waals surface area contributed by atoms with Gasteiger partial charge in [-0.1, -0.05) is 48.0 Å². The molecule has 0 aliphatic carbocycles. The van der Waals surface area contributed by atoms with Crippen molar-refractivity contribution in [3.8, 4) is 0 Å². The number of piperidine rings is 1. The lowest BCUT2D eigenvalue weighted by atomic mass is 9.75. The molecule has 0 saturated carbocycles. The molecule has 2 aromatic carbocycles. The van der Waals surface area contributed by atoms with E-state index in [0.29, 0.717) is 5.92 Å². The molecule has 2 heterocycles. The van der Waals surface area contributed by atoms with E-state index in [1.807, 2.05) is 12.1 Å². The molecule has 2 saturated heterocycles. The summed E-state index contributed by atoms with van der Waals surface area (Å²) in [6.07, 6.45) is 3.19. The first-order valence-electron chi connectivity index (χ1n) is 10.7. The minimum absolute atomic E-state index is 0.0421. The van der Waals surface area contributed by atoms with Crippen LogP contribution in [-0.4, -0.2) is 42.8 Å². The first kappa shape index (κ1) is 20.8. The summed E-state index contributed by atoms with van der Waals surface area (Å²) in [6, 6.07) is 17.0. The molecule has 0 amide bonds. The summed E-state index contributed by atoms with van der Waals surface area (Å²) in [5, 5.41) is 11.1. The fourth-order valence-corrected chi connectivity index (χ4v) is 5.20. The van der Waals surface area contributed by atoms with Crippen LogP contribution in [0.5, 0.6) is 0 Å². The average Bonchev–Trinajstić information content (AvgIpc) is 3.19. The quantitative estimate of drug-likeness (QED) is 0.675. The molecular weight excluding hydrogens is 382 g/mol. The summed E-state index contributed by atoms with van der Waals surface area (Å²) in [6.45, 7) is 6.48. The highest BCUT2D eigenvalue weighted by atomic mass is 35.5. The van der Waals surface area contributed by atoms with Crippen molar-refractivity contribution < 1.29 is 5.11 Å². The molecule has 2 aliphatic heterocycles. The van der Waals surface area contributed by atoms with Crippen molar-refractivity contribution in [1.29, 1.82) is 0 Å². The van der Waals surface area contributed by atoms with Crippen LogP contribution < -0.4 is 10.9 Å². The van der Waals surface area contributed by atoms with Gasteiger partial charge in [0.15, 0.2) is 0 Å².